The van der Waals surface area contributed by atoms with E-state index in [-0.39, 0.29) is 12.0 Å². The first-order chi connectivity index (χ1) is 14.1. The van der Waals surface area contributed by atoms with Crippen LogP contribution < -0.4 is 4.74 Å². The van der Waals surface area contributed by atoms with Gasteiger partial charge in [-0.1, -0.05) is 36.9 Å². The van der Waals surface area contributed by atoms with Gasteiger partial charge in [-0.25, -0.2) is 4.79 Å². The minimum Gasteiger partial charge on any atom is -0.490 e. The SMILES string of the molecule is C=CCOc1ccc(C2CCN(C(=O)O)CC2OCc2ccc(SC)cc2)cc1. The van der Waals surface area contributed by atoms with Crippen LogP contribution >= 0.6 is 11.8 Å². The lowest BCUT2D eigenvalue weighted by Gasteiger charge is -2.37. The highest BCUT2D eigenvalue weighted by molar-refractivity contribution is 7.98. The van der Waals surface area contributed by atoms with Gasteiger partial charge in [0.15, 0.2) is 0 Å². The van der Waals surface area contributed by atoms with Gasteiger partial charge in [0.25, 0.3) is 0 Å². The number of carbonyl (C=O) groups is 1. The highest BCUT2D eigenvalue weighted by Gasteiger charge is 2.33. The van der Waals surface area contributed by atoms with E-state index in [1.165, 1.54) is 9.80 Å². The van der Waals surface area contributed by atoms with Crippen LogP contribution in [0.5, 0.6) is 5.75 Å². The molecule has 0 spiro atoms. The molecule has 0 aromatic heterocycles. The van der Waals surface area contributed by atoms with Crippen LogP contribution in [0.25, 0.3) is 0 Å². The molecule has 2 aromatic rings. The molecule has 0 bridgehead atoms. The number of carboxylic acid groups (broad SMARTS) is 1. The number of benzene rings is 2. The molecule has 154 valence electrons. The largest absolute Gasteiger partial charge is 0.490 e. The lowest BCUT2D eigenvalue weighted by Crippen LogP contribution is -2.46. The molecule has 1 aliphatic heterocycles. The fourth-order valence-corrected chi connectivity index (χ4v) is 3.94. The second-order valence-corrected chi connectivity index (χ2v) is 7.87. The Morgan fingerprint density at radius 1 is 1.24 bits per heavy atom. The fourth-order valence-electron chi connectivity index (χ4n) is 3.53. The molecule has 1 aliphatic rings. The Bertz CT molecular complexity index is 807. The zero-order valence-electron chi connectivity index (χ0n) is 16.6. The van der Waals surface area contributed by atoms with Crippen LogP contribution in [0.1, 0.15) is 23.5 Å². The normalized spacial score (nSPS) is 19.0. The molecule has 5 nitrogen and oxygen atoms in total. The van der Waals surface area contributed by atoms with Crippen molar-refractivity contribution in [3.8, 4) is 5.75 Å². The third kappa shape index (κ3) is 5.78. The predicted octanol–water partition coefficient (Wildman–Crippen LogP) is 5.03. The van der Waals surface area contributed by atoms with Gasteiger partial charge in [-0.15, -0.1) is 11.8 Å². The van der Waals surface area contributed by atoms with Gasteiger partial charge in [0, 0.05) is 17.4 Å². The predicted molar refractivity (Wildman–Crippen MR) is 116 cm³/mol. The van der Waals surface area contributed by atoms with E-state index in [0.29, 0.717) is 26.3 Å². The van der Waals surface area contributed by atoms with Gasteiger partial charge in [-0.2, -0.15) is 0 Å². The highest BCUT2D eigenvalue weighted by atomic mass is 32.2. The Morgan fingerprint density at radius 3 is 2.59 bits per heavy atom. The monoisotopic (exact) mass is 413 g/mol. The molecule has 3 rings (SSSR count). The molecule has 0 aliphatic carbocycles. The molecule has 2 atom stereocenters. The van der Waals surface area contributed by atoms with Crippen molar-refractivity contribution in [2.24, 2.45) is 0 Å². The Balaban J connectivity index is 1.71. The standard InChI is InChI=1S/C23H27NO4S/c1-3-14-27-19-8-6-18(7-9-19)21-12-13-24(23(25)26)15-22(21)28-16-17-4-10-20(29-2)11-5-17/h3-11,21-22H,1,12-16H2,2H3,(H,25,26). The molecule has 1 amide bonds. The number of ether oxygens (including phenoxy) is 2. The fraction of sp³-hybridized carbons (Fsp3) is 0.348. The molecule has 1 N–H and O–H groups in total. The van der Waals surface area contributed by atoms with Crippen molar-refractivity contribution in [1.29, 1.82) is 0 Å². The minimum atomic E-state index is -0.894. The summed E-state index contributed by atoms with van der Waals surface area (Å²) in [7, 11) is 0. The number of hydrogen-bond acceptors (Lipinski definition) is 4. The first-order valence-corrected chi connectivity index (χ1v) is 10.9. The summed E-state index contributed by atoms with van der Waals surface area (Å²) in [6, 6.07) is 16.3. The molecule has 6 heteroatoms. The summed E-state index contributed by atoms with van der Waals surface area (Å²) in [4.78, 5) is 14.1. The molecule has 1 saturated heterocycles. The Kier molecular flexibility index (Phi) is 7.61. The average molecular weight is 414 g/mol. The van der Waals surface area contributed by atoms with E-state index in [4.69, 9.17) is 9.47 Å². The zero-order valence-corrected chi connectivity index (χ0v) is 17.4. The smallest absolute Gasteiger partial charge is 0.407 e. The van der Waals surface area contributed by atoms with Crippen LogP contribution in [0, 0.1) is 0 Å². The number of nitrogens with zero attached hydrogens (tertiary/aromatic N) is 1. The van der Waals surface area contributed by atoms with E-state index in [1.807, 2.05) is 30.5 Å². The molecule has 0 radical (unpaired) electrons. The Hall–Kier alpha value is -2.44. The van der Waals surface area contributed by atoms with Crippen LogP contribution in [0.2, 0.25) is 0 Å². The van der Waals surface area contributed by atoms with Crippen molar-refractivity contribution in [2.45, 2.75) is 29.9 Å². The van der Waals surface area contributed by atoms with Crippen LogP contribution in [-0.2, 0) is 11.3 Å². The van der Waals surface area contributed by atoms with Gasteiger partial charge in [0.1, 0.15) is 12.4 Å². The average Bonchev–Trinajstić information content (AvgIpc) is 2.76. The van der Waals surface area contributed by atoms with Crippen molar-refractivity contribution in [3.05, 3.63) is 72.3 Å². The van der Waals surface area contributed by atoms with Crippen molar-refractivity contribution in [3.63, 3.8) is 0 Å². The zero-order chi connectivity index (χ0) is 20.6. The van der Waals surface area contributed by atoms with Crippen molar-refractivity contribution >= 4 is 17.9 Å². The molecule has 1 fully saturated rings. The maximum atomic E-state index is 11.5. The molecule has 2 aromatic carbocycles. The van der Waals surface area contributed by atoms with E-state index in [0.717, 1.165) is 23.3 Å². The summed E-state index contributed by atoms with van der Waals surface area (Å²) in [5.41, 5.74) is 2.23. The summed E-state index contributed by atoms with van der Waals surface area (Å²) in [5, 5.41) is 9.42. The molecule has 2 unspecified atom stereocenters. The quantitative estimate of drug-likeness (QED) is 0.486. The van der Waals surface area contributed by atoms with Crippen molar-refractivity contribution in [1.82, 2.24) is 4.90 Å². The molecular formula is C23H27NO4S. The third-order valence-electron chi connectivity index (χ3n) is 5.13. The third-order valence-corrected chi connectivity index (χ3v) is 5.87. The van der Waals surface area contributed by atoms with E-state index >= 15 is 0 Å². The maximum absolute atomic E-state index is 11.5. The van der Waals surface area contributed by atoms with Gasteiger partial charge >= 0.3 is 6.09 Å². The Labute approximate surface area is 176 Å². The van der Waals surface area contributed by atoms with Gasteiger partial charge in [0.2, 0.25) is 0 Å². The van der Waals surface area contributed by atoms with Gasteiger partial charge in [0.05, 0.1) is 19.3 Å². The molecule has 1 heterocycles. The maximum Gasteiger partial charge on any atom is 0.407 e. The first-order valence-electron chi connectivity index (χ1n) is 9.66. The van der Waals surface area contributed by atoms with E-state index < -0.39 is 6.09 Å². The van der Waals surface area contributed by atoms with E-state index in [1.54, 1.807) is 17.8 Å². The number of likely N-dealkylation sites (tertiary alicyclic amines) is 1. The van der Waals surface area contributed by atoms with E-state index in [2.05, 4.69) is 30.8 Å². The lowest BCUT2D eigenvalue weighted by atomic mass is 9.87. The minimum absolute atomic E-state index is 0.143. The van der Waals surface area contributed by atoms with Gasteiger partial charge in [-0.3, -0.25) is 0 Å². The number of hydrogen-bond donors (Lipinski definition) is 1. The summed E-state index contributed by atoms with van der Waals surface area (Å²) < 4.78 is 11.8. The van der Waals surface area contributed by atoms with Crippen LogP contribution in [0.15, 0.2) is 66.1 Å². The van der Waals surface area contributed by atoms with Gasteiger partial charge in [-0.05, 0) is 48.1 Å². The van der Waals surface area contributed by atoms with Crippen molar-refractivity contribution < 1.29 is 19.4 Å². The summed E-state index contributed by atoms with van der Waals surface area (Å²) in [5.74, 6) is 0.937. The second kappa shape index (κ2) is 10.4. The number of thioether (sulfide) groups is 1. The second-order valence-electron chi connectivity index (χ2n) is 6.99. The highest BCUT2D eigenvalue weighted by Crippen LogP contribution is 2.32. The summed E-state index contributed by atoms with van der Waals surface area (Å²) >= 11 is 1.70. The van der Waals surface area contributed by atoms with Crippen LogP contribution in [0.3, 0.4) is 0 Å². The Morgan fingerprint density at radius 2 is 1.97 bits per heavy atom. The van der Waals surface area contributed by atoms with Crippen LogP contribution in [0.4, 0.5) is 4.79 Å². The number of amides is 1. The van der Waals surface area contributed by atoms with Crippen molar-refractivity contribution in [2.75, 3.05) is 26.0 Å². The summed E-state index contributed by atoms with van der Waals surface area (Å²) in [6.07, 6.45) is 3.40. The first kappa shape index (κ1) is 21.3. The summed E-state index contributed by atoms with van der Waals surface area (Å²) in [6.45, 7) is 5.47. The van der Waals surface area contributed by atoms with Gasteiger partial charge < -0.3 is 19.5 Å². The van der Waals surface area contributed by atoms with Crippen LogP contribution in [-0.4, -0.2) is 48.2 Å². The molecule has 0 saturated carbocycles. The number of piperidine rings is 1. The topological polar surface area (TPSA) is 59.0 Å². The molecule has 29 heavy (non-hydrogen) atoms. The number of rotatable bonds is 8. The lowest BCUT2D eigenvalue weighted by molar-refractivity contribution is -0.0199. The van der Waals surface area contributed by atoms with E-state index in [9.17, 15) is 9.90 Å². The molecular weight excluding hydrogens is 386 g/mol.